The van der Waals surface area contributed by atoms with E-state index in [-0.39, 0.29) is 23.8 Å². The van der Waals surface area contributed by atoms with Gasteiger partial charge in [0.05, 0.1) is 6.04 Å². The van der Waals surface area contributed by atoms with Crippen LogP contribution in [-0.4, -0.2) is 24.7 Å². The van der Waals surface area contributed by atoms with Crippen molar-refractivity contribution in [2.75, 3.05) is 12.8 Å². The highest BCUT2D eigenvalue weighted by Gasteiger charge is 2.25. The van der Waals surface area contributed by atoms with Crippen molar-refractivity contribution in [3.63, 3.8) is 0 Å². The van der Waals surface area contributed by atoms with Crippen molar-refractivity contribution >= 4 is 17.7 Å². The predicted molar refractivity (Wildman–Crippen MR) is 71.1 cm³/mol. The molecule has 1 aromatic rings. The molecule has 0 bridgehead atoms. The molecule has 0 fully saturated rings. The Bertz CT molecular complexity index is 453. The number of nitrogens with one attached hydrogen (secondary N) is 2. The first-order valence-electron chi connectivity index (χ1n) is 6.02. The van der Waals surface area contributed by atoms with Crippen LogP contribution in [0.2, 0.25) is 0 Å². The summed E-state index contributed by atoms with van der Waals surface area (Å²) >= 11 is 1.54. The van der Waals surface area contributed by atoms with E-state index >= 15 is 0 Å². The predicted octanol–water partition coefficient (Wildman–Crippen LogP) is 2.09. The molecule has 0 saturated carbocycles. The second kappa shape index (κ2) is 5.71. The molecule has 2 unspecified atom stereocenters. The molecule has 0 spiro atoms. The Morgan fingerprint density at radius 3 is 3.06 bits per heavy atom. The summed E-state index contributed by atoms with van der Waals surface area (Å²) in [4.78, 5) is 12.2. The van der Waals surface area contributed by atoms with Gasteiger partial charge < -0.3 is 5.32 Å². The topological polar surface area (TPSA) is 41.1 Å². The number of halogens is 1. The Balaban J connectivity index is 2.18. The number of carbonyl (C=O) groups excluding carboxylic acids is 1. The molecule has 18 heavy (non-hydrogen) atoms. The van der Waals surface area contributed by atoms with Gasteiger partial charge in [-0.2, -0.15) is 0 Å². The van der Waals surface area contributed by atoms with E-state index in [2.05, 4.69) is 10.6 Å². The van der Waals surface area contributed by atoms with Crippen molar-refractivity contribution in [1.29, 1.82) is 0 Å². The van der Waals surface area contributed by atoms with Crippen LogP contribution in [0.4, 0.5) is 4.39 Å². The summed E-state index contributed by atoms with van der Waals surface area (Å²) < 4.78 is 13.7. The Labute approximate surface area is 111 Å². The Kier molecular flexibility index (Phi) is 4.24. The van der Waals surface area contributed by atoms with Gasteiger partial charge in [-0.25, -0.2) is 4.39 Å². The van der Waals surface area contributed by atoms with Gasteiger partial charge in [0.2, 0.25) is 5.91 Å². The van der Waals surface area contributed by atoms with Crippen LogP contribution in [0.3, 0.4) is 0 Å². The van der Waals surface area contributed by atoms with E-state index in [1.54, 1.807) is 24.9 Å². The molecule has 0 aromatic heterocycles. The molecule has 98 valence electrons. The molecule has 1 amide bonds. The molecule has 0 saturated heterocycles. The van der Waals surface area contributed by atoms with Gasteiger partial charge in [0.1, 0.15) is 5.82 Å². The van der Waals surface area contributed by atoms with Crippen molar-refractivity contribution in [3.05, 3.63) is 29.6 Å². The van der Waals surface area contributed by atoms with E-state index in [9.17, 15) is 9.18 Å². The minimum Gasteiger partial charge on any atom is -0.358 e. The lowest BCUT2D eigenvalue weighted by Crippen LogP contribution is -2.43. The Hall–Kier alpha value is -1.07. The van der Waals surface area contributed by atoms with Crippen molar-refractivity contribution < 1.29 is 9.18 Å². The maximum Gasteiger partial charge on any atom is 0.236 e. The average molecular weight is 268 g/mol. The number of benzene rings is 1. The minimum absolute atomic E-state index is 0.0456. The highest BCUT2D eigenvalue weighted by Crippen LogP contribution is 2.37. The van der Waals surface area contributed by atoms with Crippen molar-refractivity contribution in [2.45, 2.75) is 30.3 Å². The zero-order chi connectivity index (χ0) is 13.1. The molecule has 3 nitrogen and oxygen atoms in total. The third-order valence-electron chi connectivity index (χ3n) is 3.12. The molecule has 1 heterocycles. The summed E-state index contributed by atoms with van der Waals surface area (Å²) in [6.07, 6.45) is 0.905. The summed E-state index contributed by atoms with van der Waals surface area (Å²) in [6, 6.07) is 4.90. The standard InChI is InChI=1S/C13H17FN2OS/c1-8(13(17)15-2)16-11-6-7-18-12-9(11)4-3-5-10(12)14/h3-5,8,11,16H,6-7H2,1-2H3,(H,15,17). The third-order valence-corrected chi connectivity index (χ3v) is 4.28. The van der Waals surface area contributed by atoms with Crippen LogP contribution in [0.15, 0.2) is 23.1 Å². The number of hydrogen-bond acceptors (Lipinski definition) is 3. The van der Waals surface area contributed by atoms with Crippen LogP contribution >= 0.6 is 11.8 Å². The largest absolute Gasteiger partial charge is 0.358 e. The highest BCUT2D eigenvalue weighted by atomic mass is 32.2. The number of thioether (sulfide) groups is 1. The van der Waals surface area contributed by atoms with Gasteiger partial charge in [-0.05, 0) is 30.7 Å². The fraction of sp³-hybridized carbons (Fsp3) is 0.462. The quantitative estimate of drug-likeness (QED) is 0.882. The lowest BCUT2D eigenvalue weighted by molar-refractivity contribution is -0.122. The van der Waals surface area contributed by atoms with Crippen LogP contribution in [0.25, 0.3) is 0 Å². The monoisotopic (exact) mass is 268 g/mol. The summed E-state index contributed by atoms with van der Waals surface area (Å²) in [5.41, 5.74) is 0.960. The van der Waals surface area contributed by atoms with Gasteiger partial charge in [-0.15, -0.1) is 11.8 Å². The van der Waals surface area contributed by atoms with Crippen LogP contribution in [0.5, 0.6) is 0 Å². The molecular formula is C13H17FN2OS. The van der Waals surface area contributed by atoms with Gasteiger partial charge in [-0.3, -0.25) is 10.1 Å². The van der Waals surface area contributed by atoms with E-state index in [1.165, 1.54) is 6.07 Å². The van der Waals surface area contributed by atoms with Crippen molar-refractivity contribution in [2.24, 2.45) is 0 Å². The molecule has 2 rings (SSSR count). The second-order valence-corrected chi connectivity index (χ2v) is 5.46. The van der Waals surface area contributed by atoms with Crippen LogP contribution in [0, 0.1) is 5.82 Å². The van der Waals surface area contributed by atoms with Crippen molar-refractivity contribution in [3.8, 4) is 0 Å². The van der Waals surface area contributed by atoms with E-state index in [1.807, 2.05) is 13.0 Å². The minimum atomic E-state index is -0.279. The number of fused-ring (bicyclic) bond motifs is 1. The molecule has 2 N–H and O–H groups in total. The van der Waals surface area contributed by atoms with Crippen LogP contribution in [-0.2, 0) is 4.79 Å². The van der Waals surface area contributed by atoms with E-state index in [4.69, 9.17) is 0 Å². The number of carbonyl (C=O) groups is 1. The van der Waals surface area contributed by atoms with E-state index < -0.39 is 0 Å². The molecule has 5 heteroatoms. The summed E-state index contributed by atoms with van der Waals surface area (Å²) in [5.74, 6) is 0.647. The summed E-state index contributed by atoms with van der Waals surface area (Å²) in [7, 11) is 1.62. The fourth-order valence-electron chi connectivity index (χ4n) is 2.15. The maximum atomic E-state index is 13.7. The zero-order valence-electron chi connectivity index (χ0n) is 10.5. The van der Waals surface area contributed by atoms with Gasteiger partial charge in [0.15, 0.2) is 0 Å². The van der Waals surface area contributed by atoms with Crippen molar-refractivity contribution in [1.82, 2.24) is 10.6 Å². The smallest absolute Gasteiger partial charge is 0.236 e. The first-order valence-corrected chi connectivity index (χ1v) is 7.01. The number of amides is 1. The van der Waals surface area contributed by atoms with E-state index in [0.717, 1.165) is 17.7 Å². The molecule has 0 aliphatic carbocycles. The maximum absolute atomic E-state index is 13.7. The first kappa shape index (κ1) is 13.4. The lowest BCUT2D eigenvalue weighted by atomic mass is 10.0. The lowest BCUT2D eigenvalue weighted by Gasteiger charge is -2.28. The summed E-state index contributed by atoms with van der Waals surface area (Å²) in [5, 5.41) is 5.87. The fourth-order valence-corrected chi connectivity index (χ4v) is 3.29. The first-order chi connectivity index (χ1) is 8.63. The zero-order valence-corrected chi connectivity index (χ0v) is 11.3. The Morgan fingerprint density at radius 1 is 1.56 bits per heavy atom. The van der Waals surface area contributed by atoms with Crippen LogP contribution in [0.1, 0.15) is 24.9 Å². The molecule has 2 atom stereocenters. The van der Waals surface area contributed by atoms with Gasteiger partial charge in [0, 0.05) is 18.0 Å². The number of rotatable bonds is 3. The molecular weight excluding hydrogens is 251 g/mol. The average Bonchev–Trinajstić information content (AvgIpc) is 2.39. The summed E-state index contributed by atoms with van der Waals surface area (Å²) in [6.45, 7) is 1.82. The van der Waals surface area contributed by atoms with Gasteiger partial charge >= 0.3 is 0 Å². The molecule has 0 radical (unpaired) electrons. The molecule has 1 aliphatic rings. The van der Waals surface area contributed by atoms with E-state index in [0.29, 0.717) is 4.90 Å². The van der Waals surface area contributed by atoms with Gasteiger partial charge in [-0.1, -0.05) is 12.1 Å². The Morgan fingerprint density at radius 2 is 2.33 bits per heavy atom. The molecule has 1 aliphatic heterocycles. The second-order valence-electron chi connectivity index (χ2n) is 4.35. The SMILES string of the molecule is CNC(=O)C(C)NC1CCSc2c(F)cccc21. The number of hydrogen-bond donors (Lipinski definition) is 2. The highest BCUT2D eigenvalue weighted by molar-refractivity contribution is 7.99. The van der Waals surface area contributed by atoms with Gasteiger partial charge in [0.25, 0.3) is 0 Å². The normalized spacial score (nSPS) is 20.1. The van der Waals surface area contributed by atoms with Crippen LogP contribution < -0.4 is 10.6 Å². The third kappa shape index (κ3) is 2.67. The molecule has 1 aromatic carbocycles. The number of likely N-dealkylation sites (N-methyl/N-ethyl adjacent to an activating group) is 1.